The van der Waals surface area contributed by atoms with Crippen LogP contribution >= 0.6 is 0 Å². The van der Waals surface area contributed by atoms with Crippen molar-refractivity contribution in [1.82, 2.24) is 4.90 Å². The second-order valence-electron chi connectivity index (χ2n) is 5.35. The van der Waals surface area contributed by atoms with E-state index in [0.717, 1.165) is 0 Å². The number of carbonyl (C=O) groups excluding carboxylic acids is 1. The molecule has 0 aromatic rings. The van der Waals surface area contributed by atoms with Gasteiger partial charge in [-0.3, -0.25) is 4.90 Å². The molecule has 1 saturated heterocycles. The highest BCUT2D eigenvalue weighted by Gasteiger charge is 2.44. The van der Waals surface area contributed by atoms with Crippen LogP contribution < -0.4 is 0 Å². The maximum atomic E-state index is 11.9. The molecule has 5 heteroatoms. The van der Waals surface area contributed by atoms with E-state index in [1.165, 1.54) is 4.90 Å². The summed E-state index contributed by atoms with van der Waals surface area (Å²) in [5, 5.41) is 9.60. The van der Waals surface area contributed by atoms with Gasteiger partial charge in [-0.15, -0.1) is 5.50 Å². The Morgan fingerprint density at radius 1 is 1.62 bits per heavy atom. The zero-order valence-electron chi connectivity index (χ0n) is 10.2. The van der Waals surface area contributed by atoms with Gasteiger partial charge in [0.1, 0.15) is 11.1 Å². The third-order valence-electron chi connectivity index (χ3n) is 2.51. The van der Waals surface area contributed by atoms with Crippen LogP contribution in [-0.2, 0) is 4.74 Å². The molecule has 0 unspecified atom stereocenters. The first kappa shape index (κ1) is 13.3. The molecule has 0 aromatic carbocycles. The third-order valence-corrected chi connectivity index (χ3v) is 3.04. The molecular weight excluding hydrogens is 222 g/mol. The molecule has 2 atom stereocenters. The number of hydrogen-bond acceptors (Lipinski definition) is 3. The summed E-state index contributed by atoms with van der Waals surface area (Å²) in [5.74, 6) is 0. The van der Waals surface area contributed by atoms with Crippen LogP contribution in [0.15, 0.2) is 0 Å². The Bertz CT molecular complexity index is 331. The van der Waals surface area contributed by atoms with Crippen LogP contribution in [0.3, 0.4) is 0 Å². The highest BCUT2D eigenvalue weighted by molar-refractivity contribution is 5.96. The first-order valence-electron chi connectivity index (χ1n) is 5.30. The van der Waals surface area contributed by atoms with Gasteiger partial charge in [-0.25, -0.2) is 4.79 Å². The van der Waals surface area contributed by atoms with Gasteiger partial charge in [0.15, 0.2) is 0 Å². The molecule has 1 heterocycles. The van der Waals surface area contributed by atoms with Crippen LogP contribution in [0.1, 0.15) is 34.1 Å². The Balaban J connectivity index is 2.81. The van der Waals surface area contributed by atoms with Crippen molar-refractivity contribution < 1.29 is 14.6 Å². The Kier molecular flexibility index (Phi) is 3.52. The molecule has 0 bridgehead atoms. The van der Waals surface area contributed by atoms with Crippen LogP contribution in [-0.4, -0.2) is 49.6 Å². The van der Waals surface area contributed by atoms with E-state index in [9.17, 15) is 9.90 Å². The van der Waals surface area contributed by atoms with E-state index in [0.29, 0.717) is 6.42 Å². The van der Waals surface area contributed by atoms with Gasteiger partial charge < -0.3 is 9.84 Å². The van der Waals surface area contributed by atoms with Gasteiger partial charge in [0, 0.05) is 16.1 Å². The number of aliphatic hydroxyl groups is 1. The molecule has 0 aromatic heterocycles. The smallest absolute Gasteiger partial charge is 0.411 e. The maximum Gasteiger partial charge on any atom is 0.411 e. The van der Waals surface area contributed by atoms with Crippen molar-refractivity contribution >= 4 is 15.8 Å². The minimum absolute atomic E-state index is 0.281. The van der Waals surface area contributed by atoms with Crippen LogP contribution in [0.5, 0.6) is 0 Å². The normalized spacial score (nSPS) is 30.0. The van der Waals surface area contributed by atoms with Crippen molar-refractivity contribution in [2.45, 2.75) is 51.4 Å². The van der Waals surface area contributed by atoms with E-state index in [-0.39, 0.29) is 6.54 Å². The average molecular weight is 240 g/mol. The number of likely N-dealkylation sites (tertiary alicyclic amines) is 1. The lowest BCUT2D eigenvalue weighted by Crippen LogP contribution is -2.46. The van der Waals surface area contributed by atoms with Crippen molar-refractivity contribution in [3.05, 3.63) is 0 Å². The Hall–Kier alpha value is -0.773. The van der Waals surface area contributed by atoms with E-state index >= 15 is 0 Å². The van der Waals surface area contributed by atoms with Crippen LogP contribution in [0.4, 0.5) is 4.79 Å². The molecule has 1 radical (unpaired) electrons. The summed E-state index contributed by atoms with van der Waals surface area (Å²) in [7, 11) is 3.19. The summed E-state index contributed by atoms with van der Waals surface area (Å²) in [6, 6.07) is 0. The molecule has 1 aliphatic rings. The summed E-state index contributed by atoms with van der Waals surface area (Å²) in [5.41, 5.74) is 1.72. The van der Waals surface area contributed by atoms with Crippen molar-refractivity contribution in [3.63, 3.8) is 0 Å². The molecule has 1 N–H and O–H groups in total. The Labute approximate surface area is 99.3 Å². The molecule has 1 fully saturated rings. The zero-order valence-corrected chi connectivity index (χ0v) is 11.2. The fourth-order valence-electron chi connectivity index (χ4n) is 1.76. The van der Waals surface area contributed by atoms with Crippen LogP contribution in [0, 0.1) is 5.50 Å². The maximum absolute atomic E-state index is 11.9. The third kappa shape index (κ3) is 2.87. The van der Waals surface area contributed by atoms with E-state index < -0.39 is 23.3 Å². The summed E-state index contributed by atoms with van der Waals surface area (Å²) < 4.78 is 5.28. The molecule has 0 aliphatic carbocycles. The number of amides is 1. The molecule has 1 rings (SSSR count). The van der Waals surface area contributed by atoms with Crippen LogP contribution in [0.2, 0.25) is 0 Å². The summed E-state index contributed by atoms with van der Waals surface area (Å²) >= 11 is 0. The van der Waals surface area contributed by atoms with Gasteiger partial charge in [0.05, 0.1) is 12.6 Å². The predicted molar refractivity (Wildman–Crippen MR) is 61.6 cm³/mol. The number of ether oxygens (including phenoxy) is 1. The number of β-amino-alcohol motifs (C(OH)–C–C–N with tert-alkyl or cyclic N) is 1. The van der Waals surface area contributed by atoms with Gasteiger partial charge in [-0.05, 0) is 27.7 Å². The van der Waals surface area contributed by atoms with Gasteiger partial charge in [-0.1, -0.05) is 0 Å². The quantitative estimate of drug-likeness (QED) is 0.639. The molecule has 1 aliphatic heterocycles. The molecular formula is C11H18NO3Si. The number of aliphatic hydroxyl groups excluding tert-OH is 1. The van der Waals surface area contributed by atoms with E-state index in [1.54, 1.807) is 0 Å². The van der Waals surface area contributed by atoms with Crippen molar-refractivity contribution in [3.8, 4) is 5.50 Å². The van der Waals surface area contributed by atoms with Crippen molar-refractivity contribution in [2.75, 3.05) is 6.54 Å². The number of hydrogen-bond donors (Lipinski definition) is 1. The fourth-order valence-corrected chi connectivity index (χ4v) is 1.99. The number of nitrogens with zero attached hydrogens (tertiary/aromatic N) is 1. The summed E-state index contributed by atoms with van der Waals surface area (Å²) in [6.07, 6.45) is -0.478. The predicted octanol–water partition coefficient (Wildman–Crippen LogP) is 0.875. The summed E-state index contributed by atoms with van der Waals surface area (Å²) in [6.45, 7) is 7.56. The van der Waals surface area contributed by atoms with E-state index in [1.807, 2.05) is 27.7 Å². The lowest BCUT2D eigenvalue weighted by molar-refractivity contribution is 0.0166. The van der Waals surface area contributed by atoms with Gasteiger partial charge in [0.25, 0.3) is 0 Å². The second-order valence-corrected chi connectivity index (χ2v) is 5.60. The first-order valence-corrected chi connectivity index (χ1v) is 5.80. The average Bonchev–Trinajstić information content (AvgIpc) is 2.40. The first-order chi connectivity index (χ1) is 7.18. The van der Waals surface area contributed by atoms with E-state index in [2.05, 4.69) is 15.2 Å². The highest BCUT2D eigenvalue weighted by Crippen LogP contribution is 2.29. The highest BCUT2D eigenvalue weighted by atomic mass is 28.1. The van der Waals surface area contributed by atoms with E-state index in [4.69, 9.17) is 4.74 Å². The van der Waals surface area contributed by atoms with Crippen molar-refractivity contribution in [1.29, 1.82) is 0 Å². The molecule has 89 valence electrons. The standard InChI is InChI=1S/C11H18NO3Si/c1-10(2,3)15-9(14)12-6-8(13)5-11(12,4)7-16/h8,13H,5-6H2,1-4H3/t8-,11+/m0/s1. The minimum Gasteiger partial charge on any atom is -0.444 e. The molecule has 0 spiro atoms. The lowest BCUT2D eigenvalue weighted by atomic mass is 10.0. The monoisotopic (exact) mass is 240 g/mol. The number of rotatable bonds is 0. The summed E-state index contributed by atoms with van der Waals surface area (Å²) in [4.78, 5) is 13.4. The van der Waals surface area contributed by atoms with Crippen molar-refractivity contribution in [2.24, 2.45) is 0 Å². The minimum atomic E-state index is -0.612. The topological polar surface area (TPSA) is 49.8 Å². The Morgan fingerprint density at radius 3 is 2.62 bits per heavy atom. The van der Waals surface area contributed by atoms with Gasteiger partial charge >= 0.3 is 6.09 Å². The largest absolute Gasteiger partial charge is 0.444 e. The Morgan fingerprint density at radius 2 is 2.19 bits per heavy atom. The van der Waals surface area contributed by atoms with Gasteiger partial charge in [0.2, 0.25) is 0 Å². The zero-order chi connectivity index (χ0) is 12.6. The molecule has 1 amide bonds. The molecule has 16 heavy (non-hydrogen) atoms. The molecule has 0 saturated carbocycles. The fraction of sp³-hybridized carbons (Fsp3) is 0.818. The van der Waals surface area contributed by atoms with Gasteiger partial charge in [-0.2, -0.15) is 0 Å². The molecule has 4 nitrogen and oxygen atoms in total. The number of carbonyl (C=O) groups is 1. The lowest BCUT2D eigenvalue weighted by Gasteiger charge is -2.32. The SMILES string of the molecule is CC(C)(C)OC(=O)N1C[C@@H](O)C[C@]1(C)C#[Si]. The van der Waals surface area contributed by atoms with Crippen LogP contribution in [0.25, 0.3) is 0 Å². The second kappa shape index (κ2) is 4.24.